The maximum absolute atomic E-state index is 11.6. The maximum atomic E-state index is 11.6. The lowest BCUT2D eigenvalue weighted by atomic mass is 9.92. The monoisotopic (exact) mass is 177 g/mol. The zero-order valence-corrected chi connectivity index (χ0v) is 8.16. The second kappa shape index (κ2) is 3.02. The van der Waals surface area contributed by atoms with E-state index in [1.165, 1.54) is 12.1 Å². The van der Waals surface area contributed by atoms with Crippen LogP contribution in [0.15, 0.2) is 23.0 Å². The predicted molar refractivity (Wildman–Crippen MR) is 52.9 cm³/mol. The molecule has 2 unspecified atom stereocenters. The quantitative estimate of drug-likeness (QED) is 0.594. The van der Waals surface area contributed by atoms with Crippen molar-refractivity contribution < 1.29 is 0 Å². The van der Waals surface area contributed by atoms with Crippen LogP contribution in [0.3, 0.4) is 0 Å². The van der Waals surface area contributed by atoms with Crippen molar-refractivity contribution in [2.24, 2.45) is 5.92 Å². The van der Waals surface area contributed by atoms with Gasteiger partial charge in [0.15, 0.2) is 0 Å². The van der Waals surface area contributed by atoms with Crippen LogP contribution in [-0.4, -0.2) is 4.57 Å². The predicted octanol–water partition coefficient (Wildman–Crippen LogP) is 1.99. The van der Waals surface area contributed by atoms with E-state index < -0.39 is 0 Å². The van der Waals surface area contributed by atoms with E-state index in [9.17, 15) is 4.79 Å². The molecule has 2 nitrogen and oxygen atoms in total. The van der Waals surface area contributed by atoms with Gasteiger partial charge in [-0.3, -0.25) is 4.79 Å². The molecule has 1 aliphatic rings. The summed E-state index contributed by atoms with van der Waals surface area (Å²) in [6.45, 7) is 4.35. The van der Waals surface area contributed by atoms with Crippen LogP contribution in [0.5, 0.6) is 0 Å². The molecule has 1 aromatic heterocycles. The van der Waals surface area contributed by atoms with Crippen molar-refractivity contribution in [2.45, 2.75) is 32.7 Å². The number of pyridine rings is 1. The number of hydrogen-bond donors (Lipinski definition) is 0. The van der Waals surface area contributed by atoms with Crippen molar-refractivity contribution in [3.05, 3.63) is 34.2 Å². The number of hydrogen-bond acceptors (Lipinski definition) is 1. The zero-order valence-electron chi connectivity index (χ0n) is 8.16. The first kappa shape index (κ1) is 8.54. The van der Waals surface area contributed by atoms with E-state index in [0.717, 1.165) is 6.42 Å². The summed E-state index contributed by atoms with van der Waals surface area (Å²) >= 11 is 0. The topological polar surface area (TPSA) is 22.0 Å². The number of aromatic nitrogens is 1. The van der Waals surface area contributed by atoms with Crippen LogP contribution < -0.4 is 5.56 Å². The van der Waals surface area contributed by atoms with E-state index in [1.54, 1.807) is 6.07 Å². The Hall–Kier alpha value is -1.05. The lowest BCUT2D eigenvalue weighted by Gasteiger charge is -2.30. The molecule has 0 bridgehead atoms. The Morgan fingerprint density at radius 1 is 1.38 bits per heavy atom. The van der Waals surface area contributed by atoms with E-state index in [1.807, 2.05) is 10.6 Å². The van der Waals surface area contributed by atoms with Gasteiger partial charge in [0.2, 0.25) is 0 Å². The molecule has 0 saturated heterocycles. The van der Waals surface area contributed by atoms with Gasteiger partial charge in [-0.25, -0.2) is 0 Å². The Morgan fingerprint density at radius 2 is 2.15 bits per heavy atom. The minimum atomic E-state index is 0.150. The van der Waals surface area contributed by atoms with Crippen LogP contribution in [0, 0.1) is 5.92 Å². The minimum Gasteiger partial charge on any atom is -0.310 e. The molecule has 0 aromatic carbocycles. The highest BCUT2D eigenvalue weighted by Crippen LogP contribution is 2.27. The van der Waals surface area contributed by atoms with Gasteiger partial charge in [0, 0.05) is 17.8 Å². The number of nitrogens with zero attached hydrogens (tertiary/aromatic N) is 1. The summed E-state index contributed by atoms with van der Waals surface area (Å²) in [6, 6.07) is 5.93. The molecule has 2 heterocycles. The molecule has 70 valence electrons. The van der Waals surface area contributed by atoms with Crippen molar-refractivity contribution in [1.82, 2.24) is 4.57 Å². The first-order valence-corrected chi connectivity index (χ1v) is 4.90. The SMILES string of the molecule is CC1CCc2cccc(=O)n2C1C. The molecule has 1 aromatic rings. The highest BCUT2D eigenvalue weighted by atomic mass is 16.1. The summed E-state index contributed by atoms with van der Waals surface area (Å²) in [4.78, 5) is 11.6. The van der Waals surface area contributed by atoms with Gasteiger partial charge < -0.3 is 4.57 Å². The van der Waals surface area contributed by atoms with Gasteiger partial charge in [0.1, 0.15) is 0 Å². The van der Waals surface area contributed by atoms with Crippen LogP contribution in [0.1, 0.15) is 32.0 Å². The normalized spacial score (nSPS) is 26.9. The first-order valence-electron chi connectivity index (χ1n) is 4.90. The van der Waals surface area contributed by atoms with Crippen molar-refractivity contribution in [3.63, 3.8) is 0 Å². The smallest absolute Gasteiger partial charge is 0.250 e. The van der Waals surface area contributed by atoms with Gasteiger partial charge in [0.25, 0.3) is 5.56 Å². The summed E-state index contributed by atoms with van der Waals surface area (Å²) in [5.41, 5.74) is 1.34. The Kier molecular flexibility index (Phi) is 1.98. The molecule has 0 amide bonds. The number of rotatable bonds is 0. The zero-order chi connectivity index (χ0) is 9.42. The second-order valence-corrected chi connectivity index (χ2v) is 3.98. The standard InChI is InChI=1S/C11H15NO/c1-8-6-7-10-4-3-5-11(13)12(10)9(8)2/h3-5,8-9H,6-7H2,1-2H3. The fourth-order valence-corrected chi connectivity index (χ4v) is 2.08. The van der Waals surface area contributed by atoms with Gasteiger partial charge in [0.05, 0.1) is 0 Å². The Labute approximate surface area is 78.2 Å². The largest absolute Gasteiger partial charge is 0.310 e. The van der Waals surface area contributed by atoms with Crippen LogP contribution >= 0.6 is 0 Å². The molecule has 0 radical (unpaired) electrons. The third kappa shape index (κ3) is 1.30. The molecule has 2 atom stereocenters. The fraction of sp³-hybridized carbons (Fsp3) is 0.545. The first-order chi connectivity index (χ1) is 6.20. The highest BCUT2D eigenvalue weighted by Gasteiger charge is 2.22. The molecular formula is C11H15NO. The van der Waals surface area contributed by atoms with Crippen molar-refractivity contribution in [2.75, 3.05) is 0 Å². The molecular weight excluding hydrogens is 162 g/mol. The lowest BCUT2D eigenvalue weighted by molar-refractivity contribution is 0.307. The molecule has 2 rings (SSSR count). The Balaban J connectivity index is 2.57. The van der Waals surface area contributed by atoms with Crippen LogP contribution in [0.2, 0.25) is 0 Å². The molecule has 0 aliphatic carbocycles. The summed E-state index contributed by atoms with van der Waals surface area (Å²) in [5.74, 6) is 0.618. The second-order valence-electron chi connectivity index (χ2n) is 3.98. The molecule has 0 spiro atoms. The van der Waals surface area contributed by atoms with Gasteiger partial charge in [-0.2, -0.15) is 0 Å². The van der Waals surface area contributed by atoms with E-state index in [2.05, 4.69) is 19.9 Å². The molecule has 0 saturated carbocycles. The van der Waals surface area contributed by atoms with Crippen molar-refractivity contribution in [3.8, 4) is 0 Å². The van der Waals surface area contributed by atoms with Gasteiger partial charge in [-0.1, -0.05) is 13.0 Å². The fourth-order valence-electron chi connectivity index (χ4n) is 2.08. The molecule has 2 heteroatoms. The van der Waals surface area contributed by atoms with E-state index in [0.29, 0.717) is 12.0 Å². The van der Waals surface area contributed by atoms with Crippen LogP contribution in [0.25, 0.3) is 0 Å². The molecule has 0 N–H and O–H groups in total. The molecule has 1 aliphatic heterocycles. The summed E-state index contributed by atoms with van der Waals surface area (Å²) < 4.78 is 1.94. The maximum Gasteiger partial charge on any atom is 0.250 e. The van der Waals surface area contributed by atoms with Gasteiger partial charge in [-0.05, 0) is 31.7 Å². The molecule has 13 heavy (non-hydrogen) atoms. The number of aryl methyl sites for hydroxylation is 1. The van der Waals surface area contributed by atoms with Gasteiger partial charge >= 0.3 is 0 Å². The van der Waals surface area contributed by atoms with Crippen LogP contribution in [0.4, 0.5) is 0 Å². The Bertz CT molecular complexity index is 367. The molecule has 0 fully saturated rings. The van der Waals surface area contributed by atoms with E-state index >= 15 is 0 Å². The average Bonchev–Trinajstić information content (AvgIpc) is 2.12. The highest BCUT2D eigenvalue weighted by molar-refractivity contribution is 5.10. The van der Waals surface area contributed by atoms with Crippen LogP contribution in [-0.2, 0) is 6.42 Å². The van der Waals surface area contributed by atoms with Crippen molar-refractivity contribution in [1.29, 1.82) is 0 Å². The summed E-state index contributed by atoms with van der Waals surface area (Å²) in [6.07, 6.45) is 2.24. The van der Waals surface area contributed by atoms with E-state index in [4.69, 9.17) is 0 Å². The Morgan fingerprint density at radius 3 is 2.92 bits per heavy atom. The van der Waals surface area contributed by atoms with Gasteiger partial charge in [-0.15, -0.1) is 0 Å². The lowest BCUT2D eigenvalue weighted by Crippen LogP contribution is -2.32. The van der Waals surface area contributed by atoms with Crippen molar-refractivity contribution >= 4 is 0 Å². The van der Waals surface area contributed by atoms with E-state index in [-0.39, 0.29) is 5.56 Å². The third-order valence-corrected chi connectivity index (χ3v) is 3.16. The minimum absolute atomic E-state index is 0.150. The third-order valence-electron chi connectivity index (χ3n) is 3.16. The summed E-state index contributed by atoms with van der Waals surface area (Å²) in [7, 11) is 0. The number of fused-ring (bicyclic) bond motifs is 1. The average molecular weight is 177 g/mol. The summed E-state index contributed by atoms with van der Waals surface area (Å²) in [5, 5.41) is 0.